The quantitative estimate of drug-likeness (QED) is 0.657. The summed E-state index contributed by atoms with van der Waals surface area (Å²) >= 11 is 0. The van der Waals surface area contributed by atoms with Crippen molar-refractivity contribution in [3.63, 3.8) is 0 Å². The van der Waals surface area contributed by atoms with Gasteiger partial charge in [0.1, 0.15) is 0 Å². The Bertz CT molecular complexity index is 154. The van der Waals surface area contributed by atoms with E-state index in [9.17, 15) is 0 Å². The molecule has 0 spiro atoms. The molecule has 0 bridgehead atoms. The van der Waals surface area contributed by atoms with Gasteiger partial charge in [-0.1, -0.05) is 6.92 Å². The summed E-state index contributed by atoms with van der Waals surface area (Å²) in [5.41, 5.74) is 5.54. The summed E-state index contributed by atoms with van der Waals surface area (Å²) in [6.07, 6.45) is 0.361. The molecular weight excluding hydrogens is 178 g/mol. The van der Waals surface area contributed by atoms with E-state index in [1.54, 1.807) is 0 Å². The van der Waals surface area contributed by atoms with E-state index in [1.165, 1.54) is 0 Å². The average Bonchev–Trinajstić information content (AvgIpc) is 2.17. The van der Waals surface area contributed by atoms with Crippen LogP contribution in [-0.2, 0) is 4.74 Å². The lowest BCUT2D eigenvalue weighted by Crippen LogP contribution is -2.46. The van der Waals surface area contributed by atoms with Crippen molar-refractivity contribution in [3.8, 4) is 0 Å². The molecule has 0 aromatic carbocycles. The molecule has 1 aliphatic rings. The second kappa shape index (κ2) is 6.35. The summed E-state index contributed by atoms with van der Waals surface area (Å²) in [4.78, 5) is 4.67. The molecule has 1 aliphatic heterocycles. The molecular formula is C10H23N3O. The summed E-state index contributed by atoms with van der Waals surface area (Å²) in [5.74, 6) is 0. The van der Waals surface area contributed by atoms with Crippen LogP contribution in [0.5, 0.6) is 0 Å². The first-order valence-corrected chi connectivity index (χ1v) is 5.48. The van der Waals surface area contributed by atoms with Crippen LogP contribution < -0.4 is 5.73 Å². The number of ether oxygens (including phenoxy) is 1. The molecule has 2 N–H and O–H groups in total. The second-order valence-corrected chi connectivity index (χ2v) is 3.94. The number of hydrogen-bond donors (Lipinski definition) is 1. The van der Waals surface area contributed by atoms with Crippen LogP contribution in [0, 0.1) is 0 Å². The van der Waals surface area contributed by atoms with E-state index in [2.05, 4.69) is 23.8 Å². The lowest BCUT2D eigenvalue weighted by molar-refractivity contribution is -0.0346. The SMILES string of the molecule is CCN(CCN)CC1CN(C)CCO1. The molecule has 4 nitrogen and oxygen atoms in total. The van der Waals surface area contributed by atoms with E-state index in [0.717, 1.165) is 45.9 Å². The number of rotatable bonds is 5. The van der Waals surface area contributed by atoms with Crippen molar-refractivity contribution < 1.29 is 4.74 Å². The third kappa shape index (κ3) is 3.92. The van der Waals surface area contributed by atoms with Crippen LogP contribution >= 0.6 is 0 Å². The molecule has 0 aromatic rings. The van der Waals surface area contributed by atoms with Gasteiger partial charge in [0.2, 0.25) is 0 Å². The average molecular weight is 201 g/mol. The van der Waals surface area contributed by atoms with Crippen molar-refractivity contribution in [2.75, 3.05) is 52.9 Å². The normalized spacial score (nSPS) is 24.4. The molecule has 1 fully saturated rings. The number of likely N-dealkylation sites (N-methyl/N-ethyl adjacent to an activating group) is 2. The number of nitrogens with two attached hydrogens (primary N) is 1. The topological polar surface area (TPSA) is 41.7 Å². The lowest BCUT2D eigenvalue weighted by atomic mass is 10.2. The van der Waals surface area contributed by atoms with Gasteiger partial charge in [-0.05, 0) is 13.6 Å². The monoisotopic (exact) mass is 201 g/mol. The van der Waals surface area contributed by atoms with Gasteiger partial charge in [0, 0.05) is 32.7 Å². The molecule has 4 heteroatoms. The van der Waals surface area contributed by atoms with E-state index in [1.807, 2.05) is 0 Å². The molecule has 1 saturated heterocycles. The highest BCUT2D eigenvalue weighted by Gasteiger charge is 2.19. The summed E-state index contributed by atoms with van der Waals surface area (Å²) in [7, 11) is 2.15. The number of hydrogen-bond acceptors (Lipinski definition) is 4. The minimum Gasteiger partial charge on any atom is -0.374 e. The van der Waals surface area contributed by atoms with Gasteiger partial charge in [0.15, 0.2) is 0 Å². The van der Waals surface area contributed by atoms with Crippen molar-refractivity contribution in [2.24, 2.45) is 5.73 Å². The minimum atomic E-state index is 0.361. The highest BCUT2D eigenvalue weighted by atomic mass is 16.5. The largest absolute Gasteiger partial charge is 0.374 e. The Labute approximate surface area is 87.0 Å². The third-order valence-electron chi connectivity index (χ3n) is 2.70. The molecule has 1 unspecified atom stereocenters. The summed E-state index contributed by atoms with van der Waals surface area (Å²) in [6.45, 7) is 8.90. The zero-order valence-electron chi connectivity index (χ0n) is 9.41. The fourth-order valence-electron chi connectivity index (χ4n) is 1.83. The van der Waals surface area contributed by atoms with Crippen LogP contribution in [0.15, 0.2) is 0 Å². The van der Waals surface area contributed by atoms with E-state index in [0.29, 0.717) is 6.10 Å². The predicted octanol–water partition coefficient (Wildman–Crippen LogP) is -0.402. The Morgan fingerprint density at radius 2 is 2.36 bits per heavy atom. The van der Waals surface area contributed by atoms with Crippen LogP contribution in [0.2, 0.25) is 0 Å². The van der Waals surface area contributed by atoms with E-state index in [-0.39, 0.29) is 0 Å². The first-order chi connectivity index (χ1) is 6.76. The number of morpholine rings is 1. The molecule has 1 atom stereocenters. The summed E-state index contributed by atoms with van der Waals surface area (Å²) in [6, 6.07) is 0. The van der Waals surface area contributed by atoms with E-state index in [4.69, 9.17) is 10.5 Å². The minimum absolute atomic E-state index is 0.361. The van der Waals surface area contributed by atoms with Crippen LogP contribution in [0.25, 0.3) is 0 Å². The zero-order valence-corrected chi connectivity index (χ0v) is 9.41. The Morgan fingerprint density at radius 1 is 1.57 bits per heavy atom. The van der Waals surface area contributed by atoms with Gasteiger partial charge in [-0.15, -0.1) is 0 Å². The van der Waals surface area contributed by atoms with Crippen molar-refractivity contribution in [1.29, 1.82) is 0 Å². The maximum Gasteiger partial charge on any atom is 0.0829 e. The lowest BCUT2D eigenvalue weighted by Gasteiger charge is -2.33. The molecule has 14 heavy (non-hydrogen) atoms. The van der Waals surface area contributed by atoms with Gasteiger partial charge >= 0.3 is 0 Å². The molecule has 0 saturated carbocycles. The molecule has 0 aliphatic carbocycles. The molecule has 0 amide bonds. The Balaban J connectivity index is 2.26. The fourth-order valence-corrected chi connectivity index (χ4v) is 1.83. The molecule has 1 rings (SSSR count). The van der Waals surface area contributed by atoms with E-state index >= 15 is 0 Å². The molecule has 0 radical (unpaired) electrons. The van der Waals surface area contributed by atoms with Gasteiger partial charge in [0.05, 0.1) is 12.7 Å². The van der Waals surface area contributed by atoms with Gasteiger partial charge in [-0.25, -0.2) is 0 Å². The Kier molecular flexibility index (Phi) is 5.40. The maximum atomic E-state index is 5.70. The molecule has 84 valence electrons. The first-order valence-electron chi connectivity index (χ1n) is 5.48. The van der Waals surface area contributed by atoms with Gasteiger partial charge in [-0.2, -0.15) is 0 Å². The standard InChI is InChI=1S/C10H23N3O/c1-3-13(5-4-11)9-10-8-12(2)6-7-14-10/h10H,3-9,11H2,1-2H3. The van der Waals surface area contributed by atoms with Crippen molar-refractivity contribution in [1.82, 2.24) is 9.80 Å². The van der Waals surface area contributed by atoms with Gasteiger partial charge < -0.3 is 15.4 Å². The van der Waals surface area contributed by atoms with Crippen molar-refractivity contribution in [3.05, 3.63) is 0 Å². The van der Waals surface area contributed by atoms with Crippen LogP contribution in [0.4, 0.5) is 0 Å². The Hall–Kier alpha value is -0.160. The first kappa shape index (κ1) is 11.9. The smallest absolute Gasteiger partial charge is 0.0829 e. The van der Waals surface area contributed by atoms with Crippen LogP contribution in [0.3, 0.4) is 0 Å². The highest BCUT2D eigenvalue weighted by molar-refractivity contribution is 4.72. The predicted molar refractivity (Wildman–Crippen MR) is 58.4 cm³/mol. The molecule has 0 aromatic heterocycles. The number of nitrogens with zero attached hydrogens (tertiary/aromatic N) is 2. The summed E-state index contributed by atoms with van der Waals surface area (Å²) < 4.78 is 5.70. The summed E-state index contributed by atoms with van der Waals surface area (Å²) in [5, 5.41) is 0. The van der Waals surface area contributed by atoms with Crippen molar-refractivity contribution in [2.45, 2.75) is 13.0 Å². The molecule has 1 heterocycles. The second-order valence-electron chi connectivity index (χ2n) is 3.94. The zero-order chi connectivity index (χ0) is 10.4. The van der Waals surface area contributed by atoms with Crippen LogP contribution in [0.1, 0.15) is 6.92 Å². The van der Waals surface area contributed by atoms with Gasteiger partial charge in [0.25, 0.3) is 0 Å². The van der Waals surface area contributed by atoms with E-state index < -0.39 is 0 Å². The van der Waals surface area contributed by atoms with Crippen LogP contribution in [-0.4, -0.2) is 68.8 Å². The van der Waals surface area contributed by atoms with Gasteiger partial charge in [-0.3, -0.25) is 4.90 Å². The Morgan fingerprint density at radius 3 is 2.93 bits per heavy atom. The van der Waals surface area contributed by atoms with Crippen molar-refractivity contribution >= 4 is 0 Å². The third-order valence-corrected chi connectivity index (χ3v) is 2.70. The fraction of sp³-hybridized carbons (Fsp3) is 1.00. The highest BCUT2D eigenvalue weighted by Crippen LogP contribution is 2.04. The maximum absolute atomic E-state index is 5.70.